The van der Waals surface area contributed by atoms with Gasteiger partial charge in [-0.25, -0.2) is 0 Å². The zero-order chi connectivity index (χ0) is 12.7. The monoisotopic (exact) mass is 254 g/mol. The summed E-state index contributed by atoms with van der Waals surface area (Å²) in [6.07, 6.45) is 2.06. The standard InChI is InChI=1S/C13H22N2OS/c1-4-8-14-13(16)10(3)15-9-12-7-6-11(5-2)17-12/h6-7,10,15H,4-5,8-9H2,1-3H3,(H,14,16). The van der Waals surface area contributed by atoms with Crippen LogP contribution in [0.1, 0.15) is 36.9 Å². The summed E-state index contributed by atoms with van der Waals surface area (Å²) in [5.74, 6) is 0.0825. The second-order valence-corrected chi connectivity index (χ2v) is 5.37. The molecule has 1 unspecified atom stereocenters. The van der Waals surface area contributed by atoms with Crippen LogP contribution >= 0.6 is 11.3 Å². The maximum atomic E-state index is 11.6. The normalized spacial score (nSPS) is 12.4. The summed E-state index contributed by atoms with van der Waals surface area (Å²) in [6.45, 7) is 7.63. The van der Waals surface area contributed by atoms with E-state index in [1.165, 1.54) is 9.75 Å². The van der Waals surface area contributed by atoms with Crippen molar-refractivity contribution in [2.24, 2.45) is 0 Å². The molecular formula is C13H22N2OS. The molecule has 1 amide bonds. The van der Waals surface area contributed by atoms with Gasteiger partial charge in [-0.1, -0.05) is 13.8 Å². The van der Waals surface area contributed by atoms with Crippen LogP contribution in [0.2, 0.25) is 0 Å². The first-order chi connectivity index (χ1) is 8.17. The minimum Gasteiger partial charge on any atom is -0.355 e. The first kappa shape index (κ1) is 14.2. The third kappa shape index (κ3) is 4.88. The summed E-state index contributed by atoms with van der Waals surface area (Å²) in [4.78, 5) is 14.3. The number of nitrogens with one attached hydrogen (secondary N) is 2. The lowest BCUT2D eigenvalue weighted by Crippen LogP contribution is -2.41. The van der Waals surface area contributed by atoms with Crippen molar-refractivity contribution in [1.82, 2.24) is 10.6 Å². The van der Waals surface area contributed by atoms with Crippen LogP contribution in [0.3, 0.4) is 0 Å². The Hall–Kier alpha value is -0.870. The first-order valence-electron chi connectivity index (χ1n) is 6.26. The Morgan fingerprint density at radius 2 is 2.06 bits per heavy atom. The fourth-order valence-corrected chi connectivity index (χ4v) is 2.36. The Kier molecular flexibility index (Phi) is 6.22. The third-order valence-corrected chi connectivity index (χ3v) is 3.82. The van der Waals surface area contributed by atoms with Gasteiger partial charge in [0.05, 0.1) is 6.04 Å². The molecule has 1 rings (SSSR count). The van der Waals surface area contributed by atoms with E-state index in [0.29, 0.717) is 0 Å². The number of hydrogen-bond donors (Lipinski definition) is 2. The number of rotatable bonds is 7. The molecular weight excluding hydrogens is 232 g/mol. The SMILES string of the molecule is CCCNC(=O)C(C)NCc1ccc(CC)s1. The van der Waals surface area contributed by atoms with Crippen LogP contribution in [0.15, 0.2) is 12.1 Å². The Labute approximate surface area is 108 Å². The lowest BCUT2D eigenvalue weighted by molar-refractivity contribution is -0.122. The highest BCUT2D eigenvalue weighted by atomic mass is 32.1. The van der Waals surface area contributed by atoms with Crippen molar-refractivity contribution in [2.45, 2.75) is 46.2 Å². The summed E-state index contributed by atoms with van der Waals surface area (Å²) >= 11 is 1.81. The summed E-state index contributed by atoms with van der Waals surface area (Å²) in [5.41, 5.74) is 0. The lowest BCUT2D eigenvalue weighted by Gasteiger charge is -2.12. The van der Waals surface area contributed by atoms with E-state index in [4.69, 9.17) is 0 Å². The number of thiophene rings is 1. The smallest absolute Gasteiger partial charge is 0.236 e. The predicted octanol–water partition coefficient (Wildman–Crippen LogP) is 2.31. The highest BCUT2D eigenvalue weighted by molar-refractivity contribution is 7.11. The van der Waals surface area contributed by atoms with Crippen molar-refractivity contribution < 1.29 is 4.79 Å². The van der Waals surface area contributed by atoms with Gasteiger partial charge in [-0.15, -0.1) is 11.3 Å². The zero-order valence-electron chi connectivity index (χ0n) is 10.9. The van der Waals surface area contributed by atoms with Gasteiger partial charge in [0, 0.05) is 22.8 Å². The summed E-state index contributed by atoms with van der Waals surface area (Å²) in [5, 5.41) is 6.13. The molecule has 0 aliphatic rings. The molecule has 2 N–H and O–H groups in total. The minimum atomic E-state index is -0.131. The van der Waals surface area contributed by atoms with E-state index in [1.807, 2.05) is 18.3 Å². The summed E-state index contributed by atoms with van der Waals surface area (Å²) < 4.78 is 0. The van der Waals surface area contributed by atoms with Gasteiger partial charge in [0.25, 0.3) is 0 Å². The average molecular weight is 254 g/mol. The number of carbonyl (C=O) groups excluding carboxylic acids is 1. The van der Waals surface area contributed by atoms with E-state index in [2.05, 4.69) is 36.6 Å². The van der Waals surface area contributed by atoms with Crippen molar-refractivity contribution in [3.8, 4) is 0 Å². The highest BCUT2D eigenvalue weighted by Crippen LogP contribution is 2.16. The molecule has 0 bridgehead atoms. The largest absolute Gasteiger partial charge is 0.355 e. The maximum absolute atomic E-state index is 11.6. The Morgan fingerprint density at radius 1 is 1.35 bits per heavy atom. The molecule has 0 aliphatic heterocycles. The predicted molar refractivity (Wildman–Crippen MR) is 73.3 cm³/mol. The van der Waals surface area contributed by atoms with Crippen LogP contribution in [0.25, 0.3) is 0 Å². The Morgan fingerprint density at radius 3 is 2.65 bits per heavy atom. The zero-order valence-corrected chi connectivity index (χ0v) is 11.7. The molecule has 1 aromatic heterocycles. The van der Waals surface area contributed by atoms with Crippen molar-refractivity contribution in [1.29, 1.82) is 0 Å². The first-order valence-corrected chi connectivity index (χ1v) is 7.07. The minimum absolute atomic E-state index is 0.0825. The fourth-order valence-electron chi connectivity index (χ4n) is 1.46. The second kappa shape index (κ2) is 7.45. The van der Waals surface area contributed by atoms with Crippen LogP contribution < -0.4 is 10.6 Å². The molecule has 96 valence electrons. The molecule has 1 heterocycles. The molecule has 0 fully saturated rings. The van der Waals surface area contributed by atoms with Crippen molar-refractivity contribution in [3.63, 3.8) is 0 Å². The third-order valence-electron chi connectivity index (χ3n) is 2.59. The van der Waals surface area contributed by atoms with Crippen LogP contribution in [0.5, 0.6) is 0 Å². The Bertz CT molecular complexity index is 349. The fraction of sp³-hybridized carbons (Fsp3) is 0.615. The van der Waals surface area contributed by atoms with Gasteiger partial charge in [0.2, 0.25) is 5.91 Å². The lowest BCUT2D eigenvalue weighted by atomic mass is 10.3. The van der Waals surface area contributed by atoms with Crippen LogP contribution in [-0.4, -0.2) is 18.5 Å². The van der Waals surface area contributed by atoms with Crippen molar-refractivity contribution >= 4 is 17.2 Å². The van der Waals surface area contributed by atoms with Gasteiger partial charge in [-0.3, -0.25) is 4.79 Å². The topological polar surface area (TPSA) is 41.1 Å². The molecule has 17 heavy (non-hydrogen) atoms. The van der Waals surface area contributed by atoms with Gasteiger partial charge in [-0.2, -0.15) is 0 Å². The molecule has 0 aromatic carbocycles. The van der Waals surface area contributed by atoms with Crippen LogP contribution in [0.4, 0.5) is 0 Å². The number of aryl methyl sites for hydroxylation is 1. The highest BCUT2D eigenvalue weighted by Gasteiger charge is 2.11. The molecule has 0 radical (unpaired) electrons. The Balaban J connectivity index is 2.31. The number of carbonyl (C=O) groups is 1. The van der Waals surface area contributed by atoms with Crippen LogP contribution in [-0.2, 0) is 17.8 Å². The second-order valence-electron chi connectivity index (χ2n) is 4.12. The average Bonchev–Trinajstić information content (AvgIpc) is 2.80. The quantitative estimate of drug-likeness (QED) is 0.784. The molecule has 0 spiro atoms. The van der Waals surface area contributed by atoms with Crippen molar-refractivity contribution in [3.05, 3.63) is 21.9 Å². The van der Waals surface area contributed by atoms with Crippen LogP contribution in [0, 0.1) is 0 Å². The molecule has 4 heteroatoms. The van der Waals surface area contributed by atoms with Gasteiger partial charge in [-0.05, 0) is 31.9 Å². The van der Waals surface area contributed by atoms with E-state index >= 15 is 0 Å². The molecule has 1 atom stereocenters. The van der Waals surface area contributed by atoms with E-state index in [-0.39, 0.29) is 11.9 Å². The molecule has 0 saturated heterocycles. The number of hydrogen-bond acceptors (Lipinski definition) is 3. The van der Waals surface area contributed by atoms with E-state index in [1.54, 1.807) is 0 Å². The maximum Gasteiger partial charge on any atom is 0.236 e. The van der Waals surface area contributed by atoms with Gasteiger partial charge >= 0.3 is 0 Å². The molecule has 3 nitrogen and oxygen atoms in total. The molecule has 0 saturated carbocycles. The van der Waals surface area contributed by atoms with Gasteiger partial charge in [0.15, 0.2) is 0 Å². The molecule has 1 aromatic rings. The van der Waals surface area contributed by atoms with Gasteiger partial charge < -0.3 is 10.6 Å². The number of amides is 1. The van der Waals surface area contributed by atoms with E-state index in [9.17, 15) is 4.79 Å². The molecule has 0 aliphatic carbocycles. The van der Waals surface area contributed by atoms with E-state index < -0.39 is 0 Å². The van der Waals surface area contributed by atoms with Gasteiger partial charge in [0.1, 0.15) is 0 Å². The van der Waals surface area contributed by atoms with E-state index in [0.717, 1.165) is 25.9 Å². The summed E-state index contributed by atoms with van der Waals surface area (Å²) in [6, 6.07) is 4.16. The van der Waals surface area contributed by atoms with Crippen molar-refractivity contribution in [2.75, 3.05) is 6.54 Å². The summed E-state index contributed by atoms with van der Waals surface area (Å²) in [7, 11) is 0.